The van der Waals surface area contributed by atoms with Crippen LogP contribution in [0.2, 0.25) is 0 Å². The highest BCUT2D eigenvalue weighted by Gasteiger charge is 2.51. The van der Waals surface area contributed by atoms with Gasteiger partial charge in [0, 0.05) is 36.6 Å². The third kappa shape index (κ3) is 4.97. The summed E-state index contributed by atoms with van der Waals surface area (Å²) < 4.78 is 27.8. The first-order valence-electron chi connectivity index (χ1n) is 13.7. The maximum absolute atomic E-state index is 13.9. The normalized spacial score (nSPS) is 22.9. The van der Waals surface area contributed by atoms with Crippen LogP contribution in [-0.4, -0.2) is 59.2 Å². The first-order valence-corrected chi connectivity index (χ1v) is 13.7. The lowest BCUT2D eigenvalue weighted by Crippen LogP contribution is -2.46. The number of carbonyl (C=O) groups is 3. The second-order valence-electron chi connectivity index (χ2n) is 11.8. The monoisotopic (exact) mass is 559 g/mol. The van der Waals surface area contributed by atoms with Crippen molar-refractivity contribution in [3.8, 4) is 0 Å². The highest BCUT2D eigenvalue weighted by molar-refractivity contribution is 6.06. The van der Waals surface area contributed by atoms with Crippen LogP contribution in [-0.2, 0) is 39.2 Å². The van der Waals surface area contributed by atoms with Gasteiger partial charge >= 0.3 is 0 Å². The van der Waals surface area contributed by atoms with Gasteiger partial charge in [0.15, 0.2) is 0 Å². The van der Waals surface area contributed by atoms with Gasteiger partial charge in [0.2, 0.25) is 17.7 Å². The van der Waals surface area contributed by atoms with E-state index in [9.17, 15) is 23.2 Å². The van der Waals surface area contributed by atoms with Crippen molar-refractivity contribution in [2.75, 3.05) is 37.3 Å². The Bertz CT molecular complexity index is 1560. The molecule has 1 aliphatic carbocycles. The number of rotatable bonds is 6. The highest BCUT2D eigenvalue weighted by Crippen LogP contribution is 2.47. The molecule has 1 unspecified atom stereocenters. The number of fused-ring (bicyclic) bond motifs is 3. The summed E-state index contributed by atoms with van der Waals surface area (Å²) in [6, 6.07) is 12.4. The van der Waals surface area contributed by atoms with Crippen molar-refractivity contribution in [3.63, 3.8) is 0 Å². The van der Waals surface area contributed by atoms with E-state index in [-0.39, 0.29) is 30.5 Å². The van der Waals surface area contributed by atoms with Crippen LogP contribution in [0.3, 0.4) is 0 Å². The Hall–Kier alpha value is -4.18. The zero-order valence-corrected chi connectivity index (χ0v) is 23.0. The summed E-state index contributed by atoms with van der Waals surface area (Å²) >= 11 is 0. The van der Waals surface area contributed by atoms with Crippen LogP contribution in [0, 0.1) is 17.0 Å². The van der Waals surface area contributed by atoms with Crippen LogP contribution in [0.15, 0.2) is 54.7 Å². The number of nitrogens with one attached hydrogen (secondary N) is 2. The molecule has 1 saturated heterocycles. The fraction of sp³-hybridized carbons (Fsp3) is 0.355. The molecule has 212 valence electrons. The van der Waals surface area contributed by atoms with E-state index in [0.717, 1.165) is 29.3 Å². The Balaban J connectivity index is 1.20. The minimum atomic E-state index is -0.742. The Kier molecular flexibility index (Phi) is 6.60. The van der Waals surface area contributed by atoms with Crippen LogP contribution >= 0.6 is 0 Å². The van der Waals surface area contributed by atoms with Crippen molar-refractivity contribution in [1.29, 1.82) is 0 Å². The lowest BCUT2D eigenvalue weighted by molar-refractivity contribution is -0.143. The van der Waals surface area contributed by atoms with Gasteiger partial charge in [0.25, 0.3) is 0 Å². The molecule has 2 aliphatic heterocycles. The topological polar surface area (TPSA) is 94.6 Å². The number of anilines is 2. The molecule has 3 aliphatic rings. The van der Waals surface area contributed by atoms with Crippen molar-refractivity contribution >= 4 is 29.2 Å². The lowest BCUT2D eigenvalue weighted by Gasteiger charge is -2.31. The number of hydrogen-bond acceptors (Lipinski definition) is 5. The standard InChI is InChI=1S/C31H31F2N5O3/c1-30(7-9-37(2)18-30)29(41)38(16-19-10-22(32)13-23(33)11-19)17-26(39)35-24-6-5-20-14-31(15-21(20)12-24)25-4-3-8-34-27(25)36-28(31)40/h3-6,8,10-13H,7,9,14-18H2,1-2H3,(H,35,39)(H,34,36,40)/t30?,31-/m1/s1. The maximum atomic E-state index is 13.9. The Labute approximate surface area is 236 Å². The van der Waals surface area contributed by atoms with E-state index >= 15 is 0 Å². The van der Waals surface area contributed by atoms with Crippen LogP contribution in [0.5, 0.6) is 0 Å². The molecule has 2 aromatic carbocycles. The second-order valence-corrected chi connectivity index (χ2v) is 11.8. The average molecular weight is 560 g/mol. The van der Waals surface area contributed by atoms with Gasteiger partial charge in [0.1, 0.15) is 24.0 Å². The molecule has 2 N–H and O–H groups in total. The quantitative estimate of drug-likeness (QED) is 0.481. The summed E-state index contributed by atoms with van der Waals surface area (Å²) in [5, 5.41) is 5.77. The third-order valence-electron chi connectivity index (χ3n) is 8.56. The van der Waals surface area contributed by atoms with Crippen molar-refractivity contribution in [2.45, 2.75) is 38.1 Å². The van der Waals surface area contributed by atoms with Gasteiger partial charge in [-0.15, -0.1) is 0 Å². The molecule has 1 spiro atoms. The van der Waals surface area contributed by atoms with Crippen molar-refractivity contribution in [3.05, 3.63) is 88.6 Å². The van der Waals surface area contributed by atoms with Crippen molar-refractivity contribution in [1.82, 2.24) is 14.8 Å². The summed E-state index contributed by atoms with van der Waals surface area (Å²) in [7, 11) is 1.93. The number of hydrogen-bond donors (Lipinski definition) is 2. The average Bonchev–Trinajstić information content (AvgIpc) is 3.56. The molecule has 0 radical (unpaired) electrons. The number of benzene rings is 2. The molecular formula is C31H31F2N5O3. The van der Waals surface area contributed by atoms with E-state index in [1.54, 1.807) is 12.3 Å². The summed E-state index contributed by atoms with van der Waals surface area (Å²) in [6.07, 6.45) is 3.30. The van der Waals surface area contributed by atoms with Gasteiger partial charge in [-0.05, 0) is 86.8 Å². The minimum Gasteiger partial charge on any atom is -0.329 e. The van der Waals surface area contributed by atoms with Gasteiger partial charge < -0.3 is 20.4 Å². The number of aromatic nitrogens is 1. The van der Waals surface area contributed by atoms with E-state index < -0.39 is 28.4 Å². The fourth-order valence-electron chi connectivity index (χ4n) is 6.59. The third-order valence-corrected chi connectivity index (χ3v) is 8.56. The van der Waals surface area contributed by atoms with Gasteiger partial charge in [-0.25, -0.2) is 13.8 Å². The summed E-state index contributed by atoms with van der Waals surface area (Å²) in [6.45, 7) is 2.75. The molecule has 6 rings (SSSR count). The number of halogens is 2. The first-order chi connectivity index (χ1) is 19.5. The summed E-state index contributed by atoms with van der Waals surface area (Å²) in [5.74, 6) is -1.64. The van der Waals surface area contributed by atoms with Crippen molar-refractivity contribution < 1.29 is 23.2 Å². The van der Waals surface area contributed by atoms with Crippen LogP contribution in [0.1, 0.15) is 35.6 Å². The summed E-state index contributed by atoms with van der Waals surface area (Å²) in [5.41, 5.74) is 2.24. The molecular weight excluding hydrogens is 528 g/mol. The SMILES string of the molecule is CN1CCC(C)(C(=O)N(CC(=O)Nc2ccc3c(c2)C[C@@]2(C3)C(=O)Nc3ncccc32)Cc2cc(F)cc(F)c2)C1. The molecule has 0 saturated carbocycles. The number of amides is 3. The number of carbonyl (C=O) groups excluding carboxylic acids is 3. The number of likely N-dealkylation sites (tertiary alicyclic amines) is 1. The zero-order valence-electron chi connectivity index (χ0n) is 23.0. The first kappa shape index (κ1) is 27.0. The Morgan fingerprint density at radius 3 is 2.59 bits per heavy atom. The van der Waals surface area contributed by atoms with Gasteiger partial charge in [-0.2, -0.15) is 0 Å². The maximum Gasteiger partial charge on any atom is 0.244 e. The van der Waals surface area contributed by atoms with E-state index in [0.29, 0.717) is 37.3 Å². The smallest absolute Gasteiger partial charge is 0.244 e. The zero-order chi connectivity index (χ0) is 28.9. The van der Waals surface area contributed by atoms with E-state index in [2.05, 4.69) is 15.6 Å². The molecule has 8 nitrogen and oxygen atoms in total. The Morgan fingerprint density at radius 1 is 1.10 bits per heavy atom. The summed E-state index contributed by atoms with van der Waals surface area (Å²) in [4.78, 5) is 47.7. The minimum absolute atomic E-state index is 0.0815. The second kappa shape index (κ2) is 10.0. The van der Waals surface area contributed by atoms with Crippen LogP contribution in [0.25, 0.3) is 0 Å². The molecule has 1 fully saturated rings. The molecule has 3 amide bonds. The fourth-order valence-corrected chi connectivity index (χ4v) is 6.59. The molecule has 10 heteroatoms. The molecule has 41 heavy (non-hydrogen) atoms. The molecule has 0 bridgehead atoms. The number of nitrogens with zero attached hydrogens (tertiary/aromatic N) is 3. The van der Waals surface area contributed by atoms with Gasteiger partial charge in [-0.1, -0.05) is 12.1 Å². The molecule has 1 aromatic heterocycles. The van der Waals surface area contributed by atoms with Crippen LogP contribution < -0.4 is 10.6 Å². The molecule has 2 atom stereocenters. The molecule has 3 heterocycles. The lowest BCUT2D eigenvalue weighted by atomic mass is 9.79. The predicted octanol–water partition coefficient (Wildman–Crippen LogP) is 3.66. The van der Waals surface area contributed by atoms with E-state index in [1.165, 1.54) is 17.0 Å². The van der Waals surface area contributed by atoms with E-state index in [4.69, 9.17) is 0 Å². The van der Waals surface area contributed by atoms with Gasteiger partial charge in [0.05, 0.1) is 10.8 Å². The molecule has 3 aromatic rings. The predicted molar refractivity (Wildman–Crippen MR) is 149 cm³/mol. The number of pyridine rings is 1. The highest BCUT2D eigenvalue weighted by atomic mass is 19.1. The largest absolute Gasteiger partial charge is 0.329 e. The van der Waals surface area contributed by atoms with E-state index in [1.807, 2.05) is 43.1 Å². The van der Waals surface area contributed by atoms with Gasteiger partial charge in [-0.3, -0.25) is 14.4 Å². The Morgan fingerprint density at radius 2 is 1.85 bits per heavy atom. The van der Waals surface area contributed by atoms with Crippen molar-refractivity contribution in [2.24, 2.45) is 5.41 Å². The van der Waals surface area contributed by atoms with Crippen LogP contribution in [0.4, 0.5) is 20.3 Å².